The first-order chi connectivity index (χ1) is 15.1. The van der Waals surface area contributed by atoms with Crippen LogP contribution in [0.4, 0.5) is 17.2 Å². The molecule has 0 atom stereocenters. The number of methoxy groups -OCH3 is 1. The van der Waals surface area contributed by atoms with Gasteiger partial charge in [0, 0.05) is 28.6 Å². The normalized spacial score (nSPS) is 10.4. The smallest absolute Gasteiger partial charge is 0.255 e. The highest BCUT2D eigenvalue weighted by Gasteiger charge is 2.09. The summed E-state index contributed by atoms with van der Waals surface area (Å²) < 4.78 is 5.19. The Morgan fingerprint density at radius 2 is 1.61 bits per heavy atom. The lowest BCUT2D eigenvalue weighted by Crippen LogP contribution is -2.12. The Kier molecular flexibility index (Phi) is 5.89. The Bertz CT molecular complexity index is 1210. The minimum absolute atomic E-state index is 0.208. The van der Waals surface area contributed by atoms with Crippen LogP contribution in [0.25, 0.3) is 11.3 Å². The number of hydrogen-bond donors (Lipinski definition) is 2. The zero-order valence-electron chi connectivity index (χ0n) is 17.3. The van der Waals surface area contributed by atoms with Gasteiger partial charge in [0.1, 0.15) is 17.4 Å². The number of hydrogen-bond acceptors (Lipinski definition) is 5. The summed E-state index contributed by atoms with van der Waals surface area (Å²) in [4.78, 5) is 21.6. The van der Waals surface area contributed by atoms with Gasteiger partial charge in [-0.2, -0.15) is 0 Å². The highest BCUT2D eigenvalue weighted by atomic mass is 16.5. The van der Waals surface area contributed by atoms with Gasteiger partial charge < -0.3 is 15.4 Å². The minimum atomic E-state index is -0.208. The second-order valence-corrected chi connectivity index (χ2v) is 6.94. The van der Waals surface area contributed by atoms with Crippen LogP contribution in [0.2, 0.25) is 0 Å². The van der Waals surface area contributed by atoms with E-state index in [1.165, 1.54) is 0 Å². The average molecular weight is 410 g/mol. The summed E-state index contributed by atoms with van der Waals surface area (Å²) in [5.41, 5.74) is 3.87. The molecular formula is C25H22N4O2. The molecule has 31 heavy (non-hydrogen) atoms. The fraction of sp³-hybridized carbons (Fsp3) is 0.0800. The molecule has 154 valence electrons. The van der Waals surface area contributed by atoms with Gasteiger partial charge in [-0.15, -0.1) is 0 Å². The van der Waals surface area contributed by atoms with Gasteiger partial charge in [0.05, 0.1) is 12.8 Å². The number of nitrogens with one attached hydrogen (secondary N) is 2. The number of anilines is 3. The lowest BCUT2D eigenvalue weighted by molar-refractivity contribution is 0.102. The molecule has 6 nitrogen and oxygen atoms in total. The zero-order chi connectivity index (χ0) is 21.6. The van der Waals surface area contributed by atoms with Gasteiger partial charge >= 0.3 is 0 Å². The van der Waals surface area contributed by atoms with Gasteiger partial charge in [-0.25, -0.2) is 9.97 Å². The van der Waals surface area contributed by atoms with E-state index in [1.807, 2.05) is 67.6 Å². The first kappa shape index (κ1) is 20.1. The van der Waals surface area contributed by atoms with Crippen LogP contribution in [-0.2, 0) is 0 Å². The highest BCUT2D eigenvalue weighted by molar-refractivity contribution is 6.04. The van der Waals surface area contributed by atoms with Gasteiger partial charge in [-0.05, 0) is 43.3 Å². The summed E-state index contributed by atoms with van der Waals surface area (Å²) in [6, 6.07) is 26.4. The molecule has 0 aliphatic heterocycles. The third-order valence-corrected chi connectivity index (χ3v) is 4.63. The maximum atomic E-state index is 12.6. The monoisotopic (exact) mass is 410 g/mol. The molecule has 0 radical (unpaired) electrons. The first-order valence-corrected chi connectivity index (χ1v) is 9.84. The Labute approximate surface area is 181 Å². The molecule has 4 aromatic rings. The van der Waals surface area contributed by atoms with Gasteiger partial charge in [0.15, 0.2) is 0 Å². The molecule has 0 aliphatic rings. The van der Waals surface area contributed by atoms with Crippen molar-refractivity contribution in [2.75, 3.05) is 17.7 Å². The number of rotatable bonds is 6. The summed E-state index contributed by atoms with van der Waals surface area (Å²) in [5.74, 6) is 1.78. The van der Waals surface area contributed by atoms with E-state index < -0.39 is 0 Å². The highest BCUT2D eigenvalue weighted by Crippen LogP contribution is 2.24. The van der Waals surface area contributed by atoms with Gasteiger partial charge in [0.2, 0.25) is 0 Å². The molecule has 0 aliphatic carbocycles. The molecule has 0 saturated heterocycles. The number of nitrogens with zero attached hydrogens (tertiary/aromatic N) is 2. The largest absolute Gasteiger partial charge is 0.497 e. The van der Waals surface area contributed by atoms with Crippen molar-refractivity contribution >= 4 is 23.1 Å². The van der Waals surface area contributed by atoms with E-state index in [1.54, 1.807) is 31.4 Å². The van der Waals surface area contributed by atoms with E-state index in [0.717, 1.165) is 16.9 Å². The minimum Gasteiger partial charge on any atom is -0.497 e. The van der Waals surface area contributed by atoms with Crippen LogP contribution in [0.15, 0.2) is 84.9 Å². The van der Waals surface area contributed by atoms with Crippen LogP contribution in [0, 0.1) is 6.92 Å². The van der Waals surface area contributed by atoms with E-state index >= 15 is 0 Å². The fourth-order valence-corrected chi connectivity index (χ4v) is 3.18. The third kappa shape index (κ3) is 5.05. The number of aryl methyl sites for hydroxylation is 1. The van der Waals surface area contributed by atoms with Crippen molar-refractivity contribution in [3.63, 3.8) is 0 Å². The standard InChI is InChI=1S/C25H22N4O2/c1-17-26-23(18-8-4-3-5-9-18)16-24(27-17)28-20-11-7-12-21(15-20)29-25(30)19-10-6-13-22(14-19)31-2/h3-16H,1-2H3,(H,29,30)(H,26,27,28). The van der Waals surface area contributed by atoms with Crippen molar-refractivity contribution in [1.29, 1.82) is 0 Å². The van der Waals surface area contributed by atoms with Crippen molar-refractivity contribution in [1.82, 2.24) is 9.97 Å². The molecule has 1 heterocycles. The molecule has 6 heteroatoms. The van der Waals surface area contributed by atoms with Crippen LogP contribution in [0.1, 0.15) is 16.2 Å². The van der Waals surface area contributed by atoms with Crippen molar-refractivity contribution in [3.05, 3.63) is 96.3 Å². The molecule has 3 aromatic carbocycles. The summed E-state index contributed by atoms with van der Waals surface area (Å²) >= 11 is 0. The van der Waals surface area contributed by atoms with E-state index in [0.29, 0.717) is 28.6 Å². The summed E-state index contributed by atoms with van der Waals surface area (Å²) in [6.07, 6.45) is 0. The maximum Gasteiger partial charge on any atom is 0.255 e. The van der Waals surface area contributed by atoms with E-state index in [2.05, 4.69) is 20.6 Å². The number of amides is 1. The van der Waals surface area contributed by atoms with E-state index in [4.69, 9.17) is 4.74 Å². The maximum absolute atomic E-state index is 12.6. The second-order valence-electron chi connectivity index (χ2n) is 6.94. The Hall–Kier alpha value is -4.19. The topological polar surface area (TPSA) is 76.1 Å². The van der Waals surface area contributed by atoms with Gasteiger partial charge in [-0.3, -0.25) is 4.79 Å². The first-order valence-electron chi connectivity index (χ1n) is 9.84. The van der Waals surface area contributed by atoms with Gasteiger partial charge in [-0.1, -0.05) is 42.5 Å². The molecule has 0 saturated carbocycles. The Balaban J connectivity index is 1.52. The van der Waals surface area contributed by atoms with E-state index in [-0.39, 0.29) is 5.91 Å². The Morgan fingerprint density at radius 3 is 2.42 bits per heavy atom. The zero-order valence-corrected chi connectivity index (χ0v) is 17.3. The quantitative estimate of drug-likeness (QED) is 0.442. The van der Waals surface area contributed by atoms with Crippen LogP contribution in [0.3, 0.4) is 0 Å². The Morgan fingerprint density at radius 1 is 0.839 bits per heavy atom. The SMILES string of the molecule is COc1cccc(C(=O)Nc2cccc(Nc3cc(-c4ccccc4)nc(C)n3)c2)c1. The number of carbonyl (C=O) groups excluding carboxylic acids is 1. The number of carbonyl (C=O) groups is 1. The molecule has 0 bridgehead atoms. The van der Waals surface area contributed by atoms with Gasteiger partial charge in [0.25, 0.3) is 5.91 Å². The number of aromatic nitrogens is 2. The van der Waals surface area contributed by atoms with Crippen molar-refractivity contribution < 1.29 is 9.53 Å². The van der Waals surface area contributed by atoms with Crippen LogP contribution in [-0.4, -0.2) is 23.0 Å². The van der Waals surface area contributed by atoms with Crippen LogP contribution >= 0.6 is 0 Å². The van der Waals surface area contributed by atoms with E-state index in [9.17, 15) is 4.79 Å². The molecule has 4 rings (SSSR count). The average Bonchev–Trinajstić information content (AvgIpc) is 2.79. The lowest BCUT2D eigenvalue weighted by Gasteiger charge is -2.11. The third-order valence-electron chi connectivity index (χ3n) is 4.63. The van der Waals surface area contributed by atoms with Crippen LogP contribution in [0.5, 0.6) is 5.75 Å². The predicted molar refractivity (Wildman–Crippen MR) is 123 cm³/mol. The second kappa shape index (κ2) is 9.09. The molecule has 2 N–H and O–H groups in total. The van der Waals surface area contributed by atoms with Crippen molar-refractivity contribution in [2.24, 2.45) is 0 Å². The molecule has 1 aromatic heterocycles. The summed E-state index contributed by atoms with van der Waals surface area (Å²) in [6.45, 7) is 1.86. The predicted octanol–water partition coefficient (Wildman–Crippen LogP) is 5.46. The number of benzene rings is 3. The van der Waals surface area contributed by atoms with Crippen molar-refractivity contribution in [2.45, 2.75) is 6.92 Å². The molecular weight excluding hydrogens is 388 g/mol. The summed E-state index contributed by atoms with van der Waals surface area (Å²) in [5, 5.41) is 6.22. The number of ether oxygens (including phenoxy) is 1. The summed E-state index contributed by atoms with van der Waals surface area (Å²) in [7, 11) is 1.57. The molecule has 0 spiro atoms. The lowest BCUT2D eigenvalue weighted by atomic mass is 10.1. The fourth-order valence-electron chi connectivity index (χ4n) is 3.18. The molecule has 1 amide bonds. The molecule has 0 unspecified atom stereocenters. The van der Waals surface area contributed by atoms with Crippen molar-refractivity contribution in [3.8, 4) is 17.0 Å². The van der Waals surface area contributed by atoms with Crippen LogP contribution < -0.4 is 15.4 Å². The molecule has 0 fully saturated rings.